The van der Waals surface area contributed by atoms with E-state index in [1.807, 2.05) is 12.1 Å². The van der Waals surface area contributed by atoms with Crippen LogP contribution in [0.5, 0.6) is 0 Å². The standard InChI is InChI=1S/C12H12Cl2OS/c13-11-5-4-10(7-12(11)14)16-9-3-1-2-8(15)6-9/h4-5,7,9H,1-3,6H2. The first-order valence-electron chi connectivity index (χ1n) is 5.28. The summed E-state index contributed by atoms with van der Waals surface area (Å²) in [7, 11) is 0. The second-order valence-electron chi connectivity index (χ2n) is 3.95. The molecule has 16 heavy (non-hydrogen) atoms. The highest BCUT2D eigenvalue weighted by molar-refractivity contribution is 8.00. The van der Waals surface area contributed by atoms with E-state index >= 15 is 0 Å². The minimum absolute atomic E-state index is 0.379. The predicted molar refractivity (Wildman–Crippen MR) is 69.6 cm³/mol. The van der Waals surface area contributed by atoms with Crippen molar-refractivity contribution in [2.45, 2.75) is 35.8 Å². The fourth-order valence-corrected chi connectivity index (χ4v) is 3.46. The molecule has 0 saturated heterocycles. The molecular formula is C12H12Cl2OS. The van der Waals surface area contributed by atoms with Crippen molar-refractivity contribution in [3.63, 3.8) is 0 Å². The van der Waals surface area contributed by atoms with Gasteiger partial charge in [0.15, 0.2) is 0 Å². The highest BCUT2D eigenvalue weighted by Gasteiger charge is 2.20. The van der Waals surface area contributed by atoms with Crippen LogP contribution in [0.1, 0.15) is 25.7 Å². The van der Waals surface area contributed by atoms with Crippen molar-refractivity contribution in [2.75, 3.05) is 0 Å². The summed E-state index contributed by atoms with van der Waals surface area (Å²) in [5, 5.41) is 1.55. The van der Waals surface area contributed by atoms with Gasteiger partial charge in [0.25, 0.3) is 0 Å². The fraction of sp³-hybridized carbons (Fsp3) is 0.417. The minimum atomic E-state index is 0.379. The van der Waals surface area contributed by atoms with Crippen LogP contribution in [0, 0.1) is 0 Å². The average Bonchev–Trinajstić information content (AvgIpc) is 2.24. The van der Waals surface area contributed by atoms with Crippen LogP contribution >= 0.6 is 35.0 Å². The van der Waals surface area contributed by atoms with Gasteiger partial charge in [-0.3, -0.25) is 4.79 Å². The molecule has 1 saturated carbocycles. The number of thioether (sulfide) groups is 1. The largest absolute Gasteiger partial charge is 0.300 e. The molecular weight excluding hydrogens is 263 g/mol. The molecule has 1 aliphatic carbocycles. The summed E-state index contributed by atoms with van der Waals surface area (Å²) in [4.78, 5) is 12.4. The Morgan fingerprint density at radius 2 is 2.06 bits per heavy atom. The third-order valence-electron chi connectivity index (χ3n) is 2.63. The molecule has 1 atom stereocenters. The molecule has 0 heterocycles. The van der Waals surface area contributed by atoms with E-state index in [4.69, 9.17) is 23.2 Å². The number of carbonyl (C=O) groups is 1. The molecule has 0 spiro atoms. The fourth-order valence-electron chi connectivity index (χ4n) is 1.83. The van der Waals surface area contributed by atoms with E-state index in [0.717, 1.165) is 24.2 Å². The van der Waals surface area contributed by atoms with E-state index in [0.29, 0.717) is 27.5 Å². The molecule has 1 unspecified atom stereocenters. The van der Waals surface area contributed by atoms with E-state index in [1.54, 1.807) is 17.8 Å². The molecule has 1 aliphatic rings. The van der Waals surface area contributed by atoms with E-state index in [9.17, 15) is 4.79 Å². The average molecular weight is 275 g/mol. The lowest BCUT2D eigenvalue weighted by molar-refractivity contribution is -0.120. The Morgan fingerprint density at radius 1 is 1.25 bits per heavy atom. The maximum atomic E-state index is 11.3. The van der Waals surface area contributed by atoms with Gasteiger partial charge in [0.2, 0.25) is 0 Å². The van der Waals surface area contributed by atoms with Gasteiger partial charge in [0.1, 0.15) is 5.78 Å². The van der Waals surface area contributed by atoms with Crippen molar-refractivity contribution >= 4 is 40.7 Å². The second kappa shape index (κ2) is 5.44. The number of Topliss-reactive ketones (excluding diaryl/α,β-unsaturated/α-hetero) is 1. The van der Waals surface area contributed by atoms with E-state index in [2.05, 4.69) is 0 Å². The highest BCUT2D eigenvalue weighted by atomic mass is 35.5. The van der Waals surface area contributed by atoms with Gasteiger partial charge in [0, 0.05) is 23.0 Å². The number of carbonyl (C=O) groups excluding carboxylic acids is 1. The van der Waals surface area contributed by atoms with Crippen LogP contribution in [-0.4, -0.2) is 11.0 Å². The summed E-state index contributed by atoms with van der Waals surface area (Å²) < 4.78 is 0. The molecule has 0 amide bonds. The lowest BCUT2D eigenvalue weighted by Gasteiger charge is -2.20. The molecule has 0 bridgehead atoms. The summed E-state index contributed by atoms with van der Waals surface area (Å²) in [5.41, 5.74) is 0. The number of benzene rings is 1. The topological polar surface area (TPSA) is 17.1 Å². The first-order valence-corrected chi connectivity index (χ1v) is 6.92. The lowest BCUT2D eigenvalue weighted by atomic mass is 9.99. The molecule has 2 rings (SSSR count). The number of rotatable bonds is 2. The Bertz CT molecular complexity index is 406. The minimum Gasteiger partial charge on any atom is -0.300 e. The zero-order valence-corrected chi connectivity index (χ0v) is 11.0. The Morgan fingerprint density at radius 3 is 2.75 bits per heavy atom. The second-order valence-corrected chi connectivity index (χ2v) is 6.14. The molecule has 0 aromatic heterocycles. The quantitative estimate of drug-likeness (QED) is 0.784. The Hall–Kier alpha value is -0.180. The predicted octanol–water partition coefficient (Wildman–Crippen LogP) is 4.60. The van der Waals surface area contributed by atoms with Gasteiger partial charge in [-0.05, 0) is 31.0 Å². The zero-order valence-electron chi connectivity index (χ0n) is 8.71. The molecule has 0 radical (unpaired) electrons. The van der Waals surface area contributed by atoms with Gasteiger partial charge >= 0.3 is 0 Å². The van der Waals surface area contributed by atoms with Gasteiger partial charge < -0.3 is 0 Å². The number of hydrogen-bond acceptors (Lipinski definition) is 2. The summed E-state index contributed by atoms with van der Waals surface area (Å²) in [6, 6.07) is 5.63. The van der Waals surface area contributed by atoms with Gasteiger partial charge in [-0.15, -0.1) is 11.8 Å². The van der Waals surface area contributed by atoms with Crippen molar-refractivity contribution in [1.29, 1.82) is 0 Å². The number of halogens is 2. The third-order valence-corrected chi connectivity index (χ3v) is 4.63. The van der Waals surface area contributed by atoms with Gasteiger partial charge in [-0.1, -0.05) is 23.2 Å². The molecule has 1 fully saturated rings. The number of hydrogen-bond donors (Lipinski definition) is 0. The SMILES string of the molecule is O=C1CCCC(Sc2ccc(Cl)c(Cl)c2)C1. The molecule has 1 nitrogen and oxygen atoms in total. The first-order chi connectivity index (χ1) is 7.65. The van der Waals surface area contributed by atoms with Crippen LogP contribution in [0.3, 0.4) is 0 Å². The Labute approximate surface area is 110 Å². The van der Waals surface area contributed by atoms with Crippen molar-refractivity contribution in [1.82, 2.24) is 0 Å². The third kappa shape index (κ3) is 3.16. The van der Waals surface area contributed by atoms with Crippen LogP contribution in [0.25, 0.3) is 0 Å². The maximum Gasteiger partial charge on any atom is 0.134 e. The summed E-state index contributed by atoms with van der Waals surface area (Å²) in [6.45, 7) is 0. The normalized spacial score (nSPS) is 21.1. The molecule has 86 valence electrons. The van der Waals surface area contributed by atoms with Crippen molar-refractivity contribution in [3.05, 3.63) is 28.2 Å². The van der Waals surface area contributed by atoms with Crippen LogP contribution in [0.2, 0.25) is 10.0 Å². The Balaban J connectivity index is 2.03. The molecule has 0 N–H and O–H groups in total. The molecule has 1 aromatic carbocycles. The molecule has 4 heteroatoms. The highest BCUT2D eigenvalue weighted by Crippen LogP contribution is 2.35. The van der Waals surface area contributed by atoms with Crippen molar-refractivity contribution in [2.24, 2.45) is 0 Å². The van der Waals surface area contributed by atoms with Crippen molar-refractivity contribution < 1.29 is 4.79 Å². The summed E-state index contributed by atoms with van der Waals surface area (Å²) in [6.07, 6.45) is 3.55. The van der Waals surface area contributed by atoms with Gasteiger partial charge in [-0.25, -0.2) is 0 Å². The summed E-state index contributed by atoms with van der Waals surface area (Å²) >= 11 is 13.5. The van der Waals surface area contributed by atoms with Crippen LogP contribution in [-0.2, 0) is 4.79 Å². The van der Waals surface area contributed by atoms with E-state index in [1.165, 1.54) is 0 Å². The maximum absolute atomic E-state index is 11.3. The molecule has 1 aromatic rings. The zero-order chi connectivity index (χ0) is 11.5. The van der Waals surface area contributed by atoms with Crippen LogP contribution in [0.4, 0.5) is 0 Å². The van der Waals surface area contributed by atoms with Crippen molar-refractivity contribution in [3.8, 4) is 0 Å². The molecule has 0 aliphatic heterocycles. The van der Waals surface area contributed by atoms with E-state index < -0.39 is 0 Å². The number of ketones is 1. The monoisotopic (exact) mass is 274 g/mol. The van der Waals surface area contributed by atoms with Gasteiger partial charge in [-0.2, -0.15) is 0 Å². The Kier molecular flexibility index (Phi) is 4.17. The smallest absolute Gasteiger partial charge is 0.134 e. The lowest BCUT2D eigenvalue weighted by Crippen LogP contribution is -2.16. The van der Waals surface area contributed by atoms with Crippen LogP contribution in [0.15, 0.2) is 23.1 Å². The van der Waals surface area contributed by atoms with E-state index in [-0.39, 0.29) is 0 Å². The van der Waals surface area contributed by atoms with Gasteiger partial charge in [0.05, 0.1) is 10.0 Å². The summed E-state index contributed by atoms with van der Waals surface area (Å²) in [5.74, 6) is 0.379. The first kappa shape index (κ1) is 12.3. The van der Waals surface area contributed by atoms with Crippen LogP contribution < -0.4 is 0 Å².